The van der Waals surface area contributed by atoms with E-state index in [-0.39, 0.29) is 19.3 Å². The lowest BCUT2D eigenvalue weighted by Crippen LogP contribution is -2.30. The number of nitrogen functional groups attached to an aromatic ring is 1. The van der Waals surface area contributed by atoms with Crippen molar-refractivity contribution in [3.8, 4) is 0 Å². The van der Waals surface area contributed by atoms with E-state index in [1.807, 2.05) is 0 Å². The minimum atomic E-state index is -4.32. The van der Waals surface area contributed by atoms with Crippen LogP contribution in [0.3, 0.4) is 0 Å². The molecule has 0 bridgehead atoms. The Kier molecular flexibility index (Phi) is 16.8. The molecule has 1 saturated heterocycles. The van der Waals surface area contributed by atoms with Gasteiger partial charge in [0.05, 0.1) is 19.4 Å². The second kappa shape index (κ2) is 19.2. The van der Waals surface area contributed by atoms with Crippen LogP contribution in [0.4, 0.5) is 10.2 Å². The number of thioether (sulfide) groups is 1. The number of rotatable bonds is 22. The van der Waals surface area contributed by atoms with E-state index in [2.05, 4.69) is 11.9 Å². The van der Waals surface area contributed by atoms with Crippen molar-refractivity contribution >= 4 is 25.4 Å². The average molecular weight is 595 g/mol. The zero-order valence-electron chi connectivity index (χ0n) is 23.3. The van der Waals surface area contributed by atoms with Crippen LogP contribution in [0.5, 0.6) is 0 Å². The third-order valence-electron chi connectivity index (χ3n) is 6.73. The number of unbranched alkanes of at least 4 members (excludes halogenated alkanes) is 13. The normalized spacial score (nSPS) is 19.8. The number of phosphoric ester groups is 1. The molecule has 0 spiro atoms. The second-order valence-corrected chi connectivity index (χ2v) is 12.9. The van der Waals surface area contributed by atoms with Gasteiger partial charge in [-0.3, -0.25) is 13.6 Å². The van der Waals surface area contributed by atoms with Crippen molar-refractivity contribution in [3.05, 3.63) is 22.5 Å². The van der Waals surface area contributed by atoms with E-state index < -0.39 is 36.8 Å². The second-order valence-electron chi connectivity index (χ2n) is 10.2. The molecule has 1 unspecified atom stereocenters. The molecule has 4 atom stereocenters. The summed E-state index contributed by atoms with van der Waals surface area (Å²) in [4.78, 5) is 25.3. The smallest absolute Gasteiger partial charge is 0.381 e. The molecule has 13 heteroatoms. The van der Waals surface area contributed by atoms with Crippen LogP contribution in [0.2, 0.25) is 0 Å². The van der Waals surface area contributed by atoms with E-state index in [1.54, 1.807) is 0 Å². The summed E-state index contributed by atoms with van der Waals surface area (Å²) >= 11 is 1.26. The van der Waals surface area contributed by atoms with Crippen molar-refractivity contribution in [2.24, 2.45) is 5.73 Å². The maximum absolute atomic E-state index is 13.7. The Labute approximate surface area is 236 Å². The highest BCUT2D eigenvalue weighted by Crippen LogP contribution is 2.45. The van der Waals surface area contributed by atoms with E-state index in [4.69, 9.17) is 25.3 Å². The third-order valence-corrected chi connectivity index (χ3v) is 8.78. The summed E-state index contributed by atoms with van der Waals surface area (Å²) in [5.41, 5.74) is 9.95. The first kappa shape index (κ1) is 34.2. The Morgan fingerprint density at radius 1 is 1.10 bits per heavy atom. The topological polar surface area (TPSA) is 152 Å². The molecule has 39 heavy (non-hydrogen) atoms. The quantitative estimate of drug-likeness (QED) is 0.109. The van der Waals surface area contributed by atoms with E-state index in [0.717, 1.165) is 23.6 Å². The molecule has 1 aliphatic rings. The number of halogens is 1. The summed E-state index contributed by atoms with van der Waals surface area (Å²) < 4.78 is 42.6. The summed E-state index contributed by atoms with van der Waals surface area (Å²) in [6, 6.07) is -0.354. The zero-order chi connectivity index (χ0) is 28.5. The molecule has 1 aliphatic heterocycles. The molecule has 0 amide bonds. The van der Waals surface area contributed by atoms with Crippen molar-refractivity contribution in [3.63, 3.8) is 0 Å². The lowest BCUT2D eigenvalue weighted by atomic mass is 10.0. The highest BCUT2D eigenvalue weighted by Gasteiger charge is 2.32. The molecule has 0 aromatic carbocycles. The van der Waals surface area contributed by atoms with Crippen LogP contribution in [0.25, 0.3) is 0 Å². The number of nitrogens with zero attached hydrogens (tertiary/aromatic N) is 2. The predicted molar refractivity (Wildman–Crippen MR) is 154 cm³/mol. The minimum absolute atomic E-state index is 0.0840. The van der Waals surface area contributed by atoms with Gasteiger partial charge in [-0.25, -0.2) is 13.8 Å². The van der Waals surface area contributed by atoms with Crippen LogP contribution in [-0.4, -0.2) is 44.9 Å². The van der Waals surface area contributed by atoms with E-state index in [9.17, 15) is 18.6 Å². The van der Waals surface area contributed by atoms with Crippen LogP contribution in [-0.2, 0) is 18.3 Å². The summed E-state index contributed by atoms with van der Waals surface area (Å²) in [7, 11) is -4.32. The summed E-state index contributed by atoms with van der Waals surface area (Å²) in [6.45, 7) is 1.92. The number of aromatic nitrogens is 2. The Bertz CT molecular complexity index is 927. The fourth-order valence-electron chi connectivity index (χ4n) is 4.41. The van der Waals surface area contributed by atoms with Gasteiger partial charge in [0.2, 0.25) is 0 Å². The molecule has 1 aromatic heterocycles. The highest BCUT2D eigenvalue weighted by molar-refractivity contribution is 8.00. The fourth-order valence-corrected chi connectivity index (χ4v) is 6.28. The highest BCUT2D eigenvalue weighted by atomic mass is 32.2. The van der Waals surface area contributed by atoms with Gasteiger partial charge in [-0.15, -0.1) is 11.8 Å². The number of phosphoric acid groups is 1. The third kappa shape index (κ3) is 14.4. The van der Waals surface area contributed by atoms with Gasteiger partial charge in [-0.05, 0) is 6.42 Å². The molecule has 1 fully saturated rings. The maximum Gasteiger partial charge on any atom is 0.472 e. The van der Waals surface area contributed by atoms with Gasteiger partial charge in [0.1, 0.15) is 11.7 Å². The van der Waals surface area contributed by atoms with Gasteiger partial charge in [0.15, 0.2) is 11.6 Å². The minimum Gasteiger partial charge on any atom is -0.381 e. The summed E-state index contributed by atoms with van der Waals surface area (Å²) in [5, 5.41) is 0. The summed E-state index contributed by atoms with van der Waals surface area (Å²) in [6.07, 6.45) is 18.8. The van der Waals surface area contributed by atoms with E-state index >= 15 is 0 Å². The standard InChI is InChI=1S/C26H48FN4O6PS/c1-2-3-4-5-6-7-8-9-10-11-12-13-14-15-16-21(28)18-35-38(33,34)36-19-24-37-23(20-39-24)31-17-22(27)25(29)30-26(31)32/h17,21,23-24H,2-16,18-20,28H2,1H3,(H,33,34)(H2,29,30,32)/t21-,23+,24-/m1/s1. The van der Waals surface area contributed by atoms with Crippen LogP contribution in [0.15, 0.2) is 11.0 Å². The average Bonchev–Trinajstić information content (AvgIpc) is 3.37. The van der Waals surface area contributed by atoms with Gasteiger partial charge in [0, 0.05) is 11.8 Å². The molecule has 5 N–H and O–H groups in total. The largest absolute Gasteiger partial charge is 0.472 e. The van der Waals surface area contributed by atoms with Crippen molar-refractivity contribution in [1.82, 2.24) is 9.55 Å². The van der Waals surface area contributed by atoms with Gasteiger partial charge in [-0.2, -0.15) is 4.98 Å². The van der Waals surface area contributed by atoms with Crippen LogP contribution < -0.4 is 17.2 Å². The molecule has 226 valence electrons. The molecule has 0 aliphatic carbocycles. The summed E-state index contributed by atoms with van der Waals surface area (Å²) in [5.74, 6) is -1.01. The maximum atomic E-state index is 13.7. The van der Waals surface area contributed by atoms with Crippen molar-refractivity contribution in [1.29, 1.82) is 0 Å². The Balaban J connectivity index is 1.48. The predicted octanol–water partition coefficient (Wildman–Crippen LogP) is 5.89. The van der Waals surface area contributed by atoms with Crippen LogP contribution in [0.1, 0.15) is 109 Å². The number of ether oxygens (including phenoxy) is 1. The molecule has 0 radical (unpaired) electrons. The Hall–Kier alpha value is -1.01. The molecular weight excluding hydrogens is 546 g/mol. The number of hydrogen-bond acceptors (Lipinski definition) is 9. The number of anilines is 1. The van der Waals surface area contributed by atoms with Crippen LogP contribution in [0, 0.1) is 5.82 Å². The molecule has 10 nitrogen and oxygen atoms in total. The molecule has 2 heterocycles. The van der Waals surface area contributed by atoms with Gasteiger partial charge in [-0.1, -0.05) is 96.8 Å². The first-order chi connectivity index (χ1) is 18.7. The lowest BCUT2D eigenvalue weighted by molar-refractivity contribution is -0.00893. The molecule has 2 rings (SSSR count). The SMILES string of the molecule is CCCCCCCCCCCCCCCC[C@@H](N)COP(=O)(O)OC[C@@H]1O[C@H](n2cc(F)c(N)nc2=O)CS1. The first-order valence-corrected chi connectivity index (χ1v) is 16.9. The Morgan fingerprint density at radius 3 is 2.26 bits per heavy atom. The monoisotopic (exact) mass is 594 g/mol. The van der Waals surface area contributed by atoms with E-state index in [1.165, 1.54) is 88.8 Å². The van der Waals surface area contributed by atoms with Gasteiger partial charge >= 0.3 is 13.5 Å². The van der Waals surface area contributed by atoms with Crippen molar-refractivity contribution in [2.45, 2.75) is 121 Å². The molecule has 1 aromatic rings. The van der Waals surface area contributed by atoms with Crippen molar-refractivity contribution < 1.29 is 27.6 Å². The zero-order valence-corrected chi connectivity index (χ0v) is 25.0. The van der Waals surface area contributed by atoms with Gasteiger partial charge < -0.3 is 21.1 Å². The number of hydrogen-bond donors (Lipinski definition) is 3. The molecule has 0 saturated carbocycles. The molecular formula is C26H48FN4O6PS. The number of nitrogens with two attached hydrogens (primary N) is 2. The fraction of sp³-hybridized carbons (Fsp3) is 0.846. The van der Waals surface area contributed by atoms with E-state index in [0.29, 0.717) is 12.2 Å². The first-order valence-electron chi connectivity index (χ1n) is 14.4. The lowest BCUT2D eigenvalue weighted by Gasteiger charge is -2.18. The van der Waals surface area contributed by atoms with Crippen LogP contribution >= 0.6 is 19.6 Å². The van der Waals surface area contributed by atoms with Gasteiger partial charge in [0.25, 0.3) is 0 Å². The van der Waals surface area contributed by atoms with Crippen molar-refractivity contribution in [2.75, 3.05) is 24.7 Å². The Morgan fingerprint density at radius 2 is 1.67 bits per heavy atom.